The molecule has 8 nitrogen and oxygen atoms in total. The van der Waals surface area contributed by atoms with Gasteiger partial charge in [0.1, 0.15) is 5.69 Å². The lowest BCUT2D eigenvalue weighted by Gasteiger charge is -2.16. The van der Waals surface area contributed by atoms with Crippen LogP contribution < -0.4 is 4.74 Å². The number of hydrogen-bond acceptors (Lipinski definition) is 6. The SMILES string of the molecule is CC.CC.CCC(CCOC)n1nc(OCCCOC)c([N+](=O)[O-])c1C. The van der Waals surface area contributed by atoms with Crippen molar-refractivity contribution in [2.45, 2.75) is 66.8 Å². The molecule has 1 rings (SSSR count). The van der Waals surface area contributed by atoms with Crippen LogP contribution in [0.15, 0.2) is 0 Å². The molecule has 1 heterocycles. The highest BCUT2D eigenvalue weighted by molar-refractivity contribution is 5.45. The quantitative estimate of drug-likeness (QED) is 0.320. The molecule has 1 aromatic rings. The van der Waals surface area contributed by atoms with Crippen molar-refractivity contribution in [1.29, 1.82) is 0 Å². The van der Waals surface area contributed by atoms with Gasteiger partial charge < -0.3 is 14.2 Å². The summed E-state index contributed by atoms with van der Waals surface area (Å²) in [5, 5.41) is 15.6. The standard InChI is InChI=1S/C14H25N3O5.2C2H6/c1-5-12(7-10-21-4)16-11(2)13(17(18)19)14(15-16)22-9-6-8-20-3;2*1-2/h12H,5-10H2,1-4H3;2*1-2H3. The predicted octanol–water partition coefficient (Wildman–Crippen LogP) is 4.56. The number of ether oxygens (including phenoxy) is 3. The van der Waals surface area contributed by atoms with Crippen LogP contribution in [0.3, 0.4) is 0 Å². The van der Waals surface area contributed by atoms with Crippen molar-refractivity contribution < 1.29 is 19.1 Å². The molecule has 0 fully saturated rings. The Balaban J connectivity index is 0. The fraction of sp³-hybridized carbons (Fsp3) is 0.833. The molecule has 0 saturated carbocycles. The molecule has 0 saturated heterocycles. The Hall–Kier alpha value is -1.67. The molecule has 0 aromatic carbocycles. The van der Waals surface area contributed by atoms with Gasteiger partial charge in [0.05, 0.1) is 17.6 Å². The van der Waals surface area contributed by atoms with E-state index >= 15 is 0 Å². The van der Waals surface area contributed by atoms with E-state index in [4.69, 9.17) is 14.2 Å². The van der Waals surface area contributed by atoms with Crippen molar-refractivity contribution in [2.75, 3.05) is 34.0 Å². The van der Waals surface area contributed by atoms with Gasteiger partial charge in [-0.2, -0.15) is 0 Å². The molecule has 1 atom stereocenters. The lowest BCUT2D eigenvalue weighted by molar-refractivity contribution is -0.386. The molecular weight excluding hydrogens is 338 g/mol. The molecule has 0 N–H and O–H groups in total. The van der Waals surface area contributed by atoms with E-state index in [1.807, 2.05) is 34.6 Å². The minimum Gasteiger partial charge on any atom is -0.472 e. The van der Waals surface area contributed by atoms with Crippen molar-refractivity contribution in [3.63, 3.8) is 0 Å². The number of methoxy groups -OCH3 is 2. The Kier molecular flexibility index (Phi) is 17.1. The molecule has 26 heavy (non-hydrogen) atoms. The van der Waals surface area contributed by atoms with Gasteiger partial charge in [0.25, 0.3) is 0 Å². The Morgan fingerprint density at radius 1 is 1.12 bits per heavy atom. The topological polar surface area (TPSA) is 88.7 Å². The average molecular weight is 376 g/mol. The van der Waals surface area contributed by atoms with Crippen LogP contribution in [0.5, 0.6) is 5.88 Å². The summed E-state index contributed by atoms with van der Waals surface area (Å²) in [5.41, 5.74) is 0.447. The van der Waals surface area contributed by atoms with E-state index in [-0.39, 0.29) is 17.6 Å². The molecule has 1 unspecified atom stereocenters. The van der Waals surface area contributed by atoms with Crippen molar-refractivity contribution in [2.24, 2.45) is 0 Å². The monoisotopic (exact) mass is 375 g/mol. The second kappa shape index (κ2) is 16.8. The molecule has 0 aliphatic rings. The normalized spacial score (nSPS) is 10.9. The van der Waals surface area contributed by atoms with Crippen molar-refractivity contribution in [3.05, 3.63) is 15.8 Å². The van der Waals surface area contributed by atoms with Crippen LogP contribution in [-0.4, -0.2) is 48.7 Å². The zero-order valence-corrected chi connectivity index (χ0v) is 17.7. The fourth-order valence-electron chi connectivity index (χ4n) is 2.27. The zero-order valence-electron chi connectivity index (χ0n) is 17.7. The number of aromatic nitrogens is 2. The van der Waals surface area contributed by atoms with Crippen LogP contribution in [-0.2, 0) is 9.47 Å². The number of nitrogens with zero attached hydrogens (tertiary/aromatic N) is 3. The zero-order chi connectivity index (χ0) is 20.5. The molecule has 154 valence electrons. The van der Waals surface area contributed by atoms with Gasteiger partial charge in [-0.1, -0.05) is 34.6 Å². The summed E-state index contributed by atoms with van der Waals surface area (Å²) in [6, 6.07) is 0.0509. The third-order valence-corrected chi connectivity index (χ3v) is 3.47. The minimum absolute atomic E-state index is 0.0509. The van der Waals surface area contributed by atoms with E-state index in [9.17, 15) is 10.1 Å². The second-order valence-electron chi connectivity index (χ2n) is 4.98. The summed E-state index contributed by atoms with van der Waals surface area (Å²) >= 11 is 0. The first-order valence-electron chi connectivity index (χ1n) is 9.40. The van der Waals surface area contributed by atoms with E-state index in [2.05, 4.69) is 5.10 Å². The van der Waals surface area contributed by atoms with E-state index in [1.165, 1.54) is 0 Å². The molecule has 0 aliphatic carbocycles. The highest BCUT2D eigenvalue weighted by Gasteiger charge is 2.29. The minimum atomic E-state index is -0.437. The van der Waals surface area contributed by atoms with Gasteiger partial charge in [0, 0.05) is 33.9 Å². The summed E-state index contributed by atoms with van der Waals surface area (Å²) in [7, 11) is 3.23. The smallest absolute Gasteiger partial charge is 0.352 e. The van der Waals surface area contributed by atoms with Crippen molar-refractivity contribution in [3.8, 4) is 5.88 Å². The maximum absolute atomic E-state index is 11.3. The summed E-state index contributed by atoms with van der Waals surface area (Å²) in [5.74, 6) is 0.0782. The number of rotatable bonds is 11. The van der Waals surface area contributed by atoms with E-state index in [1.54, 1.807) is 25.8 Å². The Morgan fingerprint density at radius 2 is 1.69 bits per heavy atom. The Bertz CT molecular complexity index is 478. The number of nitro groups is 1. The van der Waals surface area contributed by atoms with E-state index in [0.29, 0.717) is 31.9 Å². The average Bonchev–Trinajstić information content (AvgIpc) is 2.99. The van der Waals surface area contributed by atoms with E-state index < -0.39 is 4.92 Å². The van der Waals surface area contributed by atoms with Gasteiger partial charge in [-0.3, -0.25) is 14.8 Å². The van der Waals surface area contributed by atoms with Gasteiger partial charge in [0.2, 0.25) is 0 Å². The highest BCUT2D eigenvalue weighted by atomic mass is 16.6. The maximum atomic E-state index is 11.3. The third-order valence-electron chi connectivity index (χ3n) is 3.47. The lowest BCUT2D eigenvalue weighted by Crippen LogP contribution is -2.14. The van der Waals surface area contributed by atoms with Crippen LogP contribution in [0.2, 0.25) is 0 Å². The number of hydrogen-bond donors (Lipinski definition) is 0. The van der Waals surface area contributed by atoms with Crippen LogP contribution in [0.1, 0.15) is 65.6 Å². The summed E-state index contributed by atoms with van der Waals surface area (Å²) in [6.07, 6.45) is 2.21. The summed E-state index contributed by atoms with van der Waals surface area (Å²) in [6.45, 7) is 13.2. The van der Waals surface area contributed by atoms with Gasteiger partial charge in [-0.25, -0.2) is 0 Å². The van der Waals surface area contributed by atoms with Crippen LogP contribution >= 0.6 is 0 Å². The lowest BCUT2D eigenvalue weighted by atomic mass is 10.1. The highest BCUT2D eigenvalue weighted by Crippen LogP contribution is 2.33. The molecule has 1 aromatic heterocycles. The first-order chi connectivity index (χ1) is 12.6. The maximum Gasteiger partial charge on any atom is 0.352 e. The molecule has 0 amide bonds. The first kappa shape index (κ1) is 26.6. The summed E-state index contributed by atoms with van der Waals surface area (Å²) in [4.78, 5) is 10.9. The van der Waals surface area contributed by atoms with Crippen LogP contribution in [0, 0.1) is 17.0 Å². The van der Waals surface area contributed by atoms with Crippen molar-refractivity contribution >= 4 is 5.69 Å². The Labute approximate surface area is 158 Å². The van der Waals surface area contributed by atoms with Crippen LogP contribution in [0.4, 0.5) is 5.69 Å². The van der Waals surface area contributed by atoms with Gasteiger partial charge >= 0.3 is 11.6 Å². The predicted molar refractivity (Wildman–Crippen MR) is 104 cm³/mol. The van der Waals surface area contributed by atoms with Crippen LogP contribution in [0.25, 0.3) is 0 Å². The third kappa shape index (κ3) is 8.62. The molecule has 8 heteroatoms. The van der Waals surface area contributed by atoms with Gasteiger partial charge in [0.15, 0.2) is 0 Å². The largest absolute Gasteiger partial charge is 0.472 e. The second-order valence-corrected chi connectivity index (χ2v) is 4.98. The molecule has 0 bridgehead atoms. The summed E-state index contributed by atoms with van der Waals surface area (Å²) < 4.78 is 17.2. The Morgan fingerprint density at radius 3 is 2.15 bits per heavy atom. The van der Waals surface area contributed by atoms with Crippen molar-refractivity contribution in [1.82, 2.24) is 9.78 Å². The van der Waals surface area contributed by atoms with Gasteiger partial charge in [-0.15, -0.1) is 5.10 Å². The molecular formula is C18H37N3O5. The molecule has 0 aliphatic heterocycles. The first-order valence-corrected chi connectivity index (χ1v) is 9.40. The fourth-order valence-corrected chi connectivity index (χ4v) is 2.27. The molecule has 0 radical (unpaired) electrons. The van der Waals surface area contributed by atoms with Gasteiger partial charge in [-0.05, 0) is 19.8 Å². The molecule has 0 spiro atoms. The van der Waals surface area contributed by atoms with E-state index in [0.717, 1.165) is 12.8 Å².